The monoisotopic (exact) mass is 484 g/mol. The molecule has 0 aromatic heterocycles. The molecule has 0 spiro atoms. The summed E-state index contributed by atoms with van der Waals surface area (Å²) in [6, 6.07) is 22.3. The molecule has 0 aliphatic carbocycles. The number of rotatable bonds is 10. The van der Waals surface area contributed by atoms with Gasteiger partial charge in [0.15, 0.2) is 0 Å². The molecule has 0 amide bonds. The van der Waals surface area contributed by atoms with Crippen LogP contribution in [0.5, 0.6) is 5.75 Å². The number of hydrogen-bond acceptors (Lipinski definition) is 6. The lowest BCUT2D eigenvalue weighted by molar-refractivity contribution is -0.143. The molecule has 3 aromatic carbocycles. The number of ether oxygens (including phenoxy) is 3. The van der Waals surface area contributed by atoms with Crippen LogP contribution in [-0.2, 0) is 19.1 Å². The third kappa shape index (κ3) is 7.53. The second kappa shape index (κ2) is 12.3. The van der Waals surface area contributed by atoms with Gasteiger partial charge in [0.25, 0.3) is 0 Å². The topological polar surface area (TPSA) is 78.9 Å². The molecule has 0 radical (unpaired) electrons. The van der Waals surface area contributed by atoms with Crippen molar-refractivity contribution < 1.29 is 28.6 Å². The Balaban J connectivity index is 1.60. The van der Waals surface area contributed by atoms with E-state index in [1.165, 1.54) is 0 Å². The molecule has 0 saturated carbocycles. The second-order valence-electron chi connectivity index (χ2n) is 8.34. The Bertz CT molecular complexity index is 1270. The fourth-order valence-electron chi connectivity index (χ4n) is 3.26. The molecule has 0 saturated heterocycles. The van der Waals surface area contributed by atoms with E-state index < -0.39 is 17.9 Å². The summed E-state index contributed by atoms with van der Waals surface area (Å²) in [4.78, 5) is 35.4. The van der Waals surface area contributed by atoms with Crippen molar-refractivity contribution >= 4 is 17.9 Å². The van der Waals surface area contributed by atoms with Gasteiger partial charge in [0.1, 0.15) is 19.0 Å². The normalized spacial score (nSPS) is 10.3. The average Bonchev–Trinajstić information content (AvgIpc) is 2.86. The van der Waals surface area contributed by atoms with Crippen LogP contribution in [0.4, 0.5) is 0 Å². The van der Waals surface area contributed by atoms with Crippen molar-refractivity contribution in [3.8, 4) is 28.0 Å². The highest BCUT2D eigenvalue weighted by Gasteiger charge is 2.10. The van der Waals surface area contributed by atoms with Crippen LogP contribution in [0.1, 0.15) is 30.6 Å². The second-order valence-corrected chi connectivity index (χ2v) is 8.34. The average molecular weight is 485 g/mol. The number of carbonyl (C=O) groups is 3. The van der Waals surface area contributed by atoms with Crippen molar-refractivity contribution in [1.82, 2.24) is 0 Å². The first-order valence-electron chi connectivity index (χ1n) is 11.4. The first-order chi connectivity index (χ1) is 17.2. The SMILES string of the molecule is C=C(C)CC(=O)OCCOC(=O)c1ccc(-c2cccc(-c3ccc(OC(=O)C(=C)C)cc3)c2)cc1. The Morgan fingerprint density at radius 1 is 0.722 bits per heavy atom. The predicted octanol–water partition coefficient (Wildman–Crippen LogP) is 6.17. The molecule has 3 aromatic rings. The lowest BCUT2D eigenvalue weighted by Crippen LogP contribution is -2.14. The third-order valence-corrected chi connectivity index (χ3v) is 5.09. The fourth-order valence-corrected chi connectivity index (χ4v) is 3.26. The van der Waals surface area contributed by atoms with Gasteiger partial charge in [-0.3, -0.25) is 4.79 Å². The molecule has 6 nitrogen and oxygen atoms in total. The summed E-state index contributed by atoms with van der Waals surface area (Å²) in [7, 11) is 0. The Labute approximate surface area is 210 Å². The van der Waals surface area contributed by atoms with Gasteiger partial charge in [-0.15, -0.1) is 0 Å². The fraction of sp³-hybridized carbons (Fsp3) is 0.167. The van der Waals surface area contributed by atoms with Crippen molar-refractivity contribution in [2.45, 2.75) is 20.3 Å². The molecule has 6 heteroatoms. The van der Waals surface area contributed by atoms with E-state index in [-0.39, 0.29) is 19.6 Å². The van der Waals surface area contributed by atoms with Gasteiger partial charge in [0.05, 0.1) is 12.0 Å². The van der Waals surface area contributed by atoms with E-state index >= 15 is 0 Å². The van der Waals surface area contributed by atoms with Gasteiger partial charge in [-0.05, 0) is 66.4 Å². The lowest BCUT2D eigenvalue weighted by atomic mass is 9.98. The first-order valence-corrected chi connectivity index (χ1v) is 11.4. The summed E-state index contributed by atoms with van der Waals surface area (Å²) < 4.78 is 15.4. The molecule has 0 N–H and O–H groups in total. The lowest BCUT2D eigenvalue weighted by Gasteiger charge is -2.09. The highest BCUT2D eigenvalue weighted by atomic mass is 16.6. The maximum Gasteiger partial charge on any atom is 0.338 e. The van der Waals surface area contributed by atoms with E-state index in [9.17, 15) is 14.4 Å². The molecule has 184 valence electrons. The predicted molar refractivity (Wildman–Crippen MR) is 138 cm³/mol. The third-order valence-electron chi connectivity index (χ3n) is 5.09. The maximum atomic E-state index is 12.3. The standard InChI is InChI=1S/C30H28O6/c1-20(2)18-28(31)34-16-17-35-30(33)24-10-8-22(9-11-24)25-6-5-7-26(19-25)23-12-14-27(15-13-23)36-29(32)21(3)4/h5-15,19H,1,3,16-18H2,2,4H3. The molecule has 0 heterocycles. The summed E-state index contributed by atoms with van der Waals surface area (Å²) in [5, 5.41) is 0. The van der Waals surface area contributed by atoms with E-state index in [0.29, 0.717) is 22.5 Å². The van der Waals surface area contributed by atoms with E-state index in [4.69, 9.17) is 14.2 Å². The highest BCUT2D eigenvalue weighted by molar-refractivity contribution is 5.90. The maximum absolute atomic E-state index is 12.3. The summed E-state index contributed by atoms with van der Waals surface area (Å²) in [5.74, 6) is -0.888. The Hall–Kier alpha value is -4.45. The van der Waals surface area contributed by atoms with Crippen LogP contribution in [0.15, 0.2) is 97.1 Å². The van der Waals surface area contributed by atoms with Crippen LogP contribution in [0.3, 0.4) is 0 Å². The van der Waals surface area contributed by atoms with Gasteiger partial charge < -0.3 is 14.2 Å². The van der Waals surface area contributed by atoms with Gasteiger partial charge in [-0.25, -0.2) is 9.59 Å². The molecular weight excluding hydrogens is 456 g/mol. The number of benzene rings is 3. The van der Waals surface area contributed by atoms with Gasteiger partial charge in [-0.1, -0.05) is 61.2 Å². The van der Waals surface area contributed by atoms with Crippen LogP contribution in [-0.4, -0.2) is 31.1 Å². The van der Waals surface area contributed by atoms with Crippen LogP contribution in [0.2, 0.25) is 0 Å². The molecule has 3 rings (SSSR count). The number of esters is 3. The minimum Gasteiger partial charge on any atom is -0.462 e. The summed E-state index contributed by atoms with van der Waals surface area (Å²) in [5.41, 5.74) is 5.34. The van der Waals surface area contributed by atoms with Crippen LogP contribution >= 0.6 is 0 Å². The molecule has 0 fully saturated rings. The Morgan fingerprint density at radius 2 is 1.28 bits per heavy atom. The zero-order valence-electron chi connectivity index (χ0n) is 20.4. The summed E-state index contributed by atoms with van der Waals surface area (Å²) in [6.07, 6.45) is 0.146. The van der Waals surface area contributed by atoms with E-state index in [0.717, 1.165) is 22.3 Å². The highest BCUT2D eigenvalue weighted by Crippen LogP contribution is 2.28. The van der Waals surface area contributed by atoms with Gasteiger partial charge in [-0.2, -0.15) is 0 Å². The van der Waals surface area contributed by atoms with Gasteiger partial charge in [0.2, 0.25) is 0 Å². The van der Waals surface area contributed by atoms with Crippen molar-refractivity contribution in [3.05, 3.63) is 103 Å². The minimum atomic E-state index is -0.487. The van der Waals surface area contributed by atoms with E-state index in [1.54, 1.807) is 38.1 Å². The molecule has 0 aliphatic heterocycles. The molecule has 36 heavy (non-hydrogen) atoms. The van der Waals surface area contributed by atoms with Crippen molar-refractivity contribution in [1.29, 1.82) is 0 Å². The molecular formula is C30H28O6. The minimum absolute atomic E-state index is 0.0000377. The molecule has 0 aliphatic rings. The Kier molecular flexibility index (Phi) is 8.95. The van der Waals surface area contributed by atoms with E-state index in [2.05, 4.69) is 13.2 Å². The zero-order chi connectivity index (χ0) is 26.1. The summed E-state index contributed by atoms with van der Waals surface area (Å²) in [6.45, 7) is 10.6. The number of hydrogen-bond donors (Lipinski definition) is 0. The molecule has 0 atom stereocenters. The van der Waals surface area contributed by atoms with Crippen LogP contribution in [0, 0.1) is 0 Å². The summed E-state index contributed by atoms with van der Waals surface area (Å²) >= 11 is 0. The quantitative estimate of drug-likeness (QED) is 0.113. The zero-order valence-corrected chi connectivity index (χ0v) is 20.4. The van der Waals surface area contributed by atoms with E-state index in [1.807, 2.05) is 48.5 Å². The van der Waals surface area contributed by atoms with Crippen LogP contribution in [0.25, 0.3) is 22.3 Å². The number of carbonyl (C=O) groups excluding carboxylic acids is 3. The van der Waals surface area contributed by atoms with Gasteiger partial charge >= 0.3 is 17.9 Å². The van der Waals surface area contributed by atoms with Gasteiger partial charge in [0, 0.05) is 5.57 Å². The van der Waals surface area contributed by atoms with Crippen molar-refractivity contribution in [2.24, 2.45) is 0 Å². The van der Waals surface area contributed by atoms with Crippen LogP contribution < -0.4 is 4.74 Å². The largest absolute Gasteiger partial charge is 0.462 e. The molecule has 0 unspecified atom stereocenters. The first kappa shape index (κ1) is 26.2. The van der Waals surface area contributed by atoms with Crippen molar-refractivity contribution in [3.63, 3.8) is 0 Å². The molecule has 0 bridgehead atoms. The smallest absolute Gasteiger partial charge is 0.338 e. The van der Waals surface area contributed by atoms with Crippen molar-refractivity contribution in [2.75, 3.05) is 13.2 Å². The Morgan fingerprint density at radius 3 is 1.83 bits per heavy atom.